The Kier molecular flexibility index (Phi) is 8.82. The van der Waals surface area contributed by atoms with E-state index in [4.69, 9.17) is 36.0 Å². The first-order chi connectivity index (χ1) is 21.9. The lowest BCUT2D eigenvalue weighted by Crippen LogP contribution is -2.55. The molecular weight excluding hydrogens is 606 g/mol. The summed E-state index contributed by atoms with van der Waals surface area (Å²) in [5.41, 5.74) is 0.319. The average Bonchev–Trinajstić information content (AvgIpc) is 3.43. The number of amides is 1. The van der Waals surface area contributed by atoms with Crippen molar-refractivity contribution < 1.29 is 14.3 Å². The molecule has 0 spiro atoms. The molecule has 2 fully saturated rings. The highest BCUT2D eigenvalue weighted by atomic mass is 35.5. The van der Waals surface area contributed by atoms with Crippen LogP contribution in [0.5, 0.6) is 6.01 Å². The van der Waals surface area contributed by atoms with Gasteiger partial charge in [-0.15, -0.1) is 0 Å². The zero-order valence-corrected chi connectivity index (χ0v) is 28.2. The van der Waals surface area contributed by atoms with E-state index in [-0.39, 0.29) is 35.3 Å². The van der Waals surface area contributed by atoms with Crippen molar-refractivity contribution in [2.75, 3.05) is 44.7 Å². The Morgan fingerprint density at radius 3 is 2.48 bits per heavy atom. The molecule has 0 aliphatic carbocycles. The normalized spacial score (nSPS) is 19.3. The molecule has 2 aliphatic rings. The summed E-state index contributed by atoms with van der Waals surface area (Å²) in [6.07, 6.45) is 2.27. The van der Waals surface area contributed by atoms with E-state index in [1.54, 1.807) is 9.47 Å². The number of nitrogens with zero attached hydrogens (tertiary/aromatic N) is 7. The molecule has 0 N–H and O–H groups in total. The van der Waals surface area contributed by atoms with Crippen LogP contribution in [-0.4, -0.2) is 92.9 Å². The summed E-state index contributed by atoms with van der Waals surface area (Å²) in [6.45, 7) is 12.3. The largest absolute Gasteiger partial charge is 0.462 e. The number of aromatic nitrogens is 4. The number of piperazine rings is 1. The molecule has 4 heterocycles. The summed E-state index contributed by atoms with van der Waals surface area (Å²) < 4.78 is 13.5. The molecule has 2 aromatic heterocycles. The quantitative estimate of drug-likeness (QED) is 0.270. The average molecular weight is 648 g/mol. The molecule has 4 aromatic rings. The van der Waals surface area contributed by atoms with Gasteiger partial charge in [0.05, 0.1) is 10.7 Å². The van der Waals surface area contributed by atoms with Gasteiger partial charge in [-0.1, -0.05) is 42.8 Å². The predicted octanol–water partition coefficient (Wildman–Crippen LogP) is 5.46. The van der Waals surface area contributed by atoms with E-state index in [2.05, 4.69) is 16.8 Å². The minimum atomic E-state index is -0.589. The molecule has 12 heteroatoms. The number of anilines is 1. The van der Waals surface area contributed by atoms with Crippen molar-refractivity contribution in [2.45, 2.75) is 71.6 Å². The number of fused-ring (bicyclic) bond motifs is 2. The van der Waals surface area contributed by atoms with Gasteiger partial charge in [-0.25, -0.2) is 9.78 Å². The molecule has 6 rings (SSSR count). The fraction of sp³-hybridized carbons (Fsp3) is 0.500. The molecule has 1 amide bonds. The van der Waals surface area contributed by atoms with Crippen molar-refractivity contribution in [3.63, 3.8) is 0 Å². The van der Waals surface area contributed by atoms with Crippen LogP contribution in [0.1, 0.15) is 53.3 Å². The topological polar surface area (TPSA) is 106 Å². The third-order valence-electron chi connectivity index (χ3n) is 8.77. The third-order valence-corrected chi connectivity index (χ3v) is 9.08. The van der Waals surface area contributed by atoms with Gasteiger partial charge in [0.25, 0.3) is 5.56 Å². The van der Waals surface area contributed by atoms with Crippen LogP contribution >= 0.6 is 11.6 Å². The van der Waals surface area contributed by atoms with Crippen LogP contribution < -0.4 is 15.2 Å². The minimum Gasteiger partial charge on any atom is -0.462 e. The predicted molar refractivity (Wildman–Crippen MR) is 181 cm³/mol. The van der Waals surface area contributed by atoms with Gasteiger partial charge in [0.15, 0.2) is 11.3 Å². The smallest absolute Gasteiger partial charge is 0.410 e. The minimum absolute atomic E-state index is 0.134. The number of likely N-dealkylation sites (N-methyl/N-ethyl adjacent to an activating group) is 1. The summed E-state index contributed by atoms with van der Waals surface area (Å²) in [6, 6.07) is 11.7. The maximum atomic E-state index is 14.6. The van der Waals surface area contributed by atoms with Gasteiger partial charge in [-0.05, 0) is 71.6 Å². The van der Waals surface area contributed by atoms with Crippen molar-refractivity contribution in [2.24, 2.45) is 0 Å². The molecular formula is C34H42ClN7O4. The second kappa shape index (κ2) is 12.7. The van der Waals surface area contributed by atoms with E-state index in [0.717, 1.165) is 30.2 Å². The monoisotopic (exact) mass is 647 g/mol. The van der Waals surface area contributed by atoms with Crippen LogP contribution in [0.15, 0.2) is 41.2 Å². The third kappa shape index (κ3) is 6.22. The van der Waals surface area contributed by atoms with Crippen molar-refractivity contribution in [1.29, 1.82) is 0 Å². The molecule has 0 saturated carbocycles. The molecule has 244 valence electrons. The number of halogens is 1. The van der Waals surface area contributed by atoms with Crippen molar-refractivity contribution >= 4 is 45.3 Å². The van der Waals surface area contributed by atoms with Crippen molar-refractivity contribution in [3.8, 4) is 11.7 Å². The van der Waals surface area contributed by atoms with Crippen molar-refractivity contribution in [3.05, 3.63) is 57.6 Å². The van der Waals surface area contributed by atoms with E-state index in [9.17, 15) is 9.59 Å². The number of aryl methyl sites for hydroxylation is 1. The summed E-state index contributed by atoms with van der Waals surface area (Å²) in [7, 11) is 2.09. The highest BCUT2D eigenvalue weighted by Crippen LogP contribution is 2.32. The summed E-state index contributed by atoms with van der Waals surface area (Å²) >= 11 is 6.70. The lowest BCUT2D eigenvalue weighted by molar-refractivity contribution is 0.0218. The van der Waals surface area contributed by atoms with Gasteiger partial charge in [0.1, 0.15) is 23.5 Å². The number of carbonyl (C=O) groups excluding carboxylic acids is 1. The van der Waals surface area contributed by atoms with Gasteiger partial charge in [-0.2, -0.15) is 9.97 Å². The fourth-order valence-electron chi connectivity index (χ4n) is 6.42. The Bertz CT molecular complexity index is 1830. The summed E-state index contributed by atoms with van der Waals surface area (Å²) in [5.74, 6) is 1.09. The summed E-state index contributed by atoms with van der Waals surface area (Å²) in [5, 5.41) is 2.24. The Morgan fingerprint density at radius 2 is 1.80 bits per heavy atom. The SMILES string of the molecule is CCc1nc2c(N3CCN(C(=O)OC(C)(C)C)C[C@@H]3C)nc(OC[C@@H]3CCCN3C)nc2c(=O)n1-c1cccc2cccc(Cl)c12. The van der Waals surface area contributed by atoms with Crippen LogP contribution in [0.2, 0.25) is 5.02 Å². The standard InChI is InChI=1S/C34H42ClN7O4/c1-7-26-36-28-29(31(43)42(26)25-15-9-12-22-11-8-14-24(35)27(22)25)37-32(45-20-23-13-10-16-39(23)6)38-30(28)41-18-17-40(19-21(41)2)33(44)46-34(3,4)5/h8-9,11-12,14-15,21,23H,7,10,13,16-20H2,1-6H3/t21-,23-/m0/s1. The second-order valence-electron chi connectivity index (χ2n) is 13.2. The van der Waals surface area contributed by atoms with Gasteiger partial charge in [0.2, 0.25) is 0 Å². The molecule has 2 saturated heterocycles. The first-order valence-electron chi connectivity index (χ1n) is 16.0. The summed E-state index contributed by atoms with van der Waals surface area (Å²) in [4.78, 5) is 48.2. The first kappa shape index (κ1) is 32.0. The second-order valence-corrected chi connectivity index (χ2v) is 13.6. The Hall–Kier alpha value is -3.96. The molecule has 0 radical (unpaired) electrons. The number of benzene rings is 2. The van der Waals surface area contributed by atoms with Crippen molar-refractivity contribution in [1.82, 2.24) is 29.3 Å². The maximum Gasteiger partial charge on any atom is 0.410 e. The number of ether oxygens (including phenoxy) is 2. The lowest BCUT2D eigenvalue weighted by Gasteiger charge is -2.40. The molecule has 0 unspecified atom stereocenters. The van der Waals surface area contributed by atoms with Crippen LogP contribution in [0.3, 0.4) is 0 Å². The highest BCUT2D eigenvalue weighted by molar-refractivity contribution is 6.36. The van der Waals surface area contributed by atoms with Gasteiger partial charge < -0.3 is 24.2 Å². The van der Waals surface area contributed by atoms with Crippen LogP contribution in [0, 0.1) is 0 Å². The van der Waals surface area contributed by atoms with E-state index >= 15 is 0 Å². The molecule has 46 heavy (non-hydrogen) atoms. The number of likely N-dealkylation sites (tertiary alicyclic amines) is 1. The van der Waals surface area contributed by atoms with Crippen LogP contribution in [0.25, 0.3) is 27.5 Å². The molecule has 2 atom stereocenters. The van der Waals surface area contributed by atoms with Crippen LogP contribution in [-0.2, 0) is 11.2 Å². The molecule has 11 nitrogen and oxygen atoms in total. The van der Waals surface area contributed by atoms with E-state index in [0.29, 0.717) is 60.5 Å². The number of rotatable bonds is 6. The molecule has 2 aromatic carbocycles. The highest BCUT2D eigenvalue weighted by Gasteiger charge is 2.33. The fourth-order valence-corrected chi connectivity index (χ4v) is 6.69. The molecule has 0 bridgehead atoms. The first-order valence-corrected chi connectivity index (χ1v) is 16.4. The Labute approximate surface area is 274 Å². The van der Waals surface area contributed by atoms with E-state index < -0.39 is 5.60 Å². The molecule has 2 aliphatic heterocycles. The number of hydrogen-bond acceptors (Lipinski definition) is 9. The maximum absolute atomic E-state index is 14.6. The van der Waals surface area contributed by atoms with E-state index in [1.165, 1.54) is 0 Å². The van der Waals surface area contributed by atoms with Crippen LogP contribution in [0.4, 0.5) is 10.6 Å². The zero-order valence-electron chi connectivity index (χ0n) is 27.4. The van der Waals surface area contributed by atoms with Gasteiger partial charge in [-0.3, -0.25) is 9.36 Å². The van der Waals surface area contributed by atoms with E-state index in [1.807, 2.05) is 71.0 Å². The van der Waals surface area contributed by atoms with Gasteiger partial charge in [0, 0.05) is 43.5 Å². The Balaban J connectivity index is 1.47. The zero-order chi connectivity index (χ0) is 32.7. The number of carbonyl (C=O) groups is 1. The van der Waals surface area contributed by atoms with Gasteiger partial charge >= 0.3 is 12.1 Å². The Morgan fingerprint density at radius 1 is 1.04 bits per heavy atom. The lowest BCUT2D eigenvalue weighted by atomic mass is 10.1. The number of hydrogen-bond donors (Lipinski definition) is 0.